The second kappa shape index (κ2) is 5.92. The van der Waals surface area contributed by atoms with Gasteiger partial charge in [0.1, 0.15) is 5.52 Å². The number of thioether (sulfide) groups is 1. The first-order valence-corrected chi connectivity index (χ1v) is 7.93. The fourth-order valence-corrected chi connectivity index (χ4v) is 3.14. The number of benzene rings is 2. The summed E-state index contributed by atoms with van der Waals surface area (Å²) < 4.78 is 5.70. The molecule has 2 N–H and O–H groups in total. The van der Waals surface area contributed by atoms with E-state index < -0.39 is 0 Å². The normalized spacial score (nSPS) is 12.7. The summed E-state index contributed by atoms with van der Waals surface area (Å²) in [5.41, 5.74) is 11.7. The van der Waals surface area contributed by atoms with E-state index in [2.05, 4.69) is 37.0 Å². The molecule has 0 saturated carbocycles. The molecule has 0 aliphatic heterocycles. The number of rotatable bonds is 4. The standard InChI is InChI=1S/C17H18N2OS/c1-11-7-8-12(2)13(9-11)14(18)10-21-17-19-15-5-3-4-6-16(15)20-17/h3-9,14H,10,18H2,1-2H3. The number of hydrogen-bond acceptors (Lipinski definition) is 4. The molecule has 0 saturated heterocycles. The van der Waals surface area contributed by atoms with Crippen LogP contribution in [0.25, 0.3) is 11.1 Å². The van der Waals surface area contributed by atoms with E-state index in [0.29, 0.717) is 5.22 Å². The quantitative estimate of drug-likeness (QED) is 0.732. The summed E-state index contributed by atoms with van der Waals surface area (Å²) in [6, 6.07) is 14.2. The number of hydrogen-bond donors (Lipinski definition) is 1. The van der Waals surface area contributed by atoms with Gasteiger partial charge in [0, 0.05) is 11.8 Å². The summed E-state index contributed by atoms with van der Waals surface area (Å²) >= 11 is 1.56. The van der Waals surface area contributed by atoms with Crippen LogP contribution in [0.3, 0.4) is 0 Å². The van der Waals surface area contributed by atoms with Gasteiger partial charge in [-0.1, -0.05) is 47.7 Å². The third kappa shape index (κ3) is 3.12. The molecule has 21 heavy (non-hydrogen) atoms. The maximum absolute atomic E-state index is 6.32. The van der Waals surface area contributed by atoms with Crippen LogP contribution < -0.4 is 5.73 Å². The van der Waals surface area contributed by atoms with E-state index in [4.69, 9.17) is 10.2 Å². The van der Waals surface area contributed by atoms with Gasteiger partial charge in [-0.3, -0.25) is 0 Å². The zero-order chi connectivity index (χ0) is 14.8. The van der Waals surface area contributed by atoms with Crippen LogP contribution in [-0.2, 0) is 0 Å². The monoisotopic (exact) mass is 298 g/mol. The van der Waals surface area contributed by atoms with Gasteiger partial charge in [-0.25, -0.2) is 4.98 Å². The molecular weight excluding hydrogens is 280 g/mol. The van der Waals surface area contributed by atoms with Crippen LogP contribution >= 0.6 is 11.8 Å². The van der Waals surface area contributed by atoms with E-state index >= 15 is 0 Å². The third-order valence-electron chi connectivity index (χ3n) is 3.49. The predicted octanol–water partition coefficient (Wildman–Crippen LogP) is 4.24. The molecular formula is C17H18N2OS. The van der Waals surface area contributed by atoms with E-state index in [-0.39, 0.29) is 6.04 Å². The van der Waals surface area contributed by atoms with Gasteiger partial charge in [-0.15, -0.1) is 0 Å². The zero-order valence-electron chi connectivity index (χ0n) is 12.2. The summed E-state index contributed by atoms with van der Waals surface area (Å²) in [7, 11) is 0. The highest BCUT2D eigenvalue weighted by molar-refractivity contribution is 7.99. The first-order chi connectivity index (χ1) is 10.1. The Morgan fingerprint density at radius 1 is 1.19 bits per heavy atom. The Kier molecular flexibility index (Phi) is 3.99. The molecule has 0 aliphatic carbocycles. The van der Waals surface area contributed by atoms with Gasteiger partial charge in [0.15, 0.2) is 5.58 Å². The molecule has 3 aromatic rings. The van der Waals surface area contributed by atoms with Gasteiger partial charge < -0.3 is 10.2 Å². The van der Waals surface area contributed by atoms with E-state index in [0.717, 1.165) is 16.9 Å². The smallest absolute Gasteiger partial charge is 0.256 e. The number of nitrogens with zero attached hydrogens (tertiary/aromatic N) is 1. The summed E-state index contributed by atoms with van der Waals surface area (Å²) in [6.45, 7) is 4.18. The highest BCUT2D eigenvalue weighted by Crippen LogP contribution is 2.27. The summed E-state index contributed by atoms with van der Waals surface area (Å²) in [5.74, 6) is 0.747. The Labute approximate surface area is 128 Å². The summed E-state index contributed by atoms with van der Waals surface area (Å²) in [4.78, 5) is 4.46. The molecule has 1 atom stereocenters. The molecule has 0 bridgehead atoms. The molecule has 2 aromatic carbocycles. The fourth-order valence-electron chi connectivity index (χ4n) is 2.32. The molecule has 3 rings (SSSR count). The Morgan fingerprint density at radius 2 is 2.00 bits per heavy atom. The largest absolute Gasteiger partial charge is 0.431 e. The highest BCUT2D eigenvalue weighted by Gasteiger charge is 2.12. The van der Waals surface area contributed by atoms with Crippen molar-refractivity contribution in [1.82, 2.24) is 4.98 Å². The van der Waals surface area contributed by atoms with Gasteiger partial charge in [-0.2, -0.15) is 0 Å². The van der Waals surface area contributed by atoms with E-state index in [9.17, 15) is 0 Å². The Morgan fingerprint density at radius 3 is 2.81 bits per heavy atom. The highest BCUT2D eigenvalue weighted by atomic mass is 32.2. The number of fused-ring (bicyclic) bond motifs is 1. The molecule has 108 valence electrons. The van der Waals surface area contributed by atoms with Crippen molar-refractivity contribution in [3.63, 3.8) is 0 Å². The lowest BCUT2D eigenvalue weighted by molar-refractivity contribution is 0.489. The minimum atomic E-state index is -0.0232. The lowest BCUT2D eigenvalue weighted by Gasteiger charge is -2.14. The lowest BCUT2D eigenvalue weighted by atomic mass is 10.0. The lowest BCUT2D eigenvalue weighted by Crippen LogP contribution is -2.14. The van der Waals surface area contributed by atoms with Gasteiger partial charge >= 0.3 is 0 Å². The number of aromatic nitrogens is 1. The van der Waals surface area contributed by atoms with Crippen LogP contribution in [0.5, 0.6) is 0 Å². The average Bonchev–Trinajstić information content (AvgIpc) is 2.90. The van der Waals surface area contributed by atoms with Gasteiger partial charge in [0.2, 0.25) is 0 Å². The second-order valence-electron chi connectivity index (χ2n) is 5.23. The van der Waals surface area contributed by atoms with E-state index in [1.807, 2.05) is 24.3 Å². The van der Waals surface area contributed by atoms with Crippen LogP contribution in [0.15, 0.2) is 52.1 Å². The number of para-hydroxylation sites is 2. The number of oxazole rings is 1. The van der Waals surface area contributed by atoms with Crippen molar-refractivity contribution in [2.45, 2.75) is 25.1 Å². The topological polar surface area (TPSA) is 52.0 Å². The van der Waals surface area contributed by atoms with Crippen molar-refractivity contribution in [3.8, 4) is 0 Å². The molecule has 0 radical (unpaired) electrons. The fraction of sp³-hybridized carbons (Fsp3) is 0.235. The zero-order valence-corrected chi connectivity index (χ0v) is 13.0. The Balaban J connectivity index is 1.73. The molecule has 1 aromatic heterocycles. The van der Waals surface area contributed by atoms with Crippen molar-refractivity contribution >= 4 is 22.9 Å². The number of aryl methyl sites for hydroxylation is 2. The van der Waals surface area contributed by atoms with Crippen LogP contribution in [0, 0.1) is 13.8 Å². The van der Waals surface area contributed by atoms with Crippen molar-refractivity contribution in [2.75, 3.05) is 5.75 Å². The molecule has 0 amide bonds. The van der Waals surface area contributed by atoms with E-state index in [1.165, 1.54) is 16.7 Å². The Hall–Kier alpha value is -1.78. The van der Waals surface area contributed by atoms with E-state index in [1.54, 1.807) is 11.8 Å². The van der Waals surface area contributed by atoms with Gasteiger partial charge in [0.25, 0.3) is 5.22 Å². The first kappa shape index (κ1) is 14.2. The van der Waals surface area contributed by atoms with Crippen molar-refractivity contribution in [2.24, 2.45) is 5.73 Å². The molecule has 1 heterocycles. The van der Waals surface area contributed by atoms with Crippen molar-refractivity contribution in [3.05, 3.63) is 59.2 Å². The van der Waals surface area contributed by atoms with Crippen LogP contribution in [0.2, 0.25) is 0 Å². The number of nitrogens with two attached hydrogens (primary N) is 1. The molecule has 0 spiro atoms. The third-order valence-corrected chi connectivity index (χ3v) is 4.44. The molecule has 4 heteroatoms. The molecule has 1 unspecified atom stereocenters. The van der Waals surface area contributed by atoms with Crippen LogP contribution in [-0.4, -0.2) is 10.7 Å². The SMILES string of the molecule is Cc1ccc(C)c(C(N)CSc2nc3ccccc3o2)c1. The van der Waals surface area contributed by atoms with Gasteiger partial charge in [-0.05, 0) is 37.1 Å². The van der Waals surface area contributed by atoms with Gasteiger partial charge in [0.05, 0.1) is 0 Å². The summed E-state index contributed by atoms with van der Waals surface area (Å²) in [6.07, 6.45) is 0. The molecule has 0 fully saturated rings. The maximum atomic E-state index is 6.32. The molecule has 3 nitrogen and oxygen atoms in total. The van der Waals surface area contributed by atoms with Crippen molar-refractivity contribution < 1.29 is 4.42 Å². The first-order valence-electron chi connectivity index (χ1n) is 6.94. The predicted molar refractivity (Wildman–Crippen MR) is 87.6 cm³/mol. The average molecular weight is 298 g/mol. The van der Waals surface area contributed by atoms with Crippen LogP contribution in [0.1, 0.15) is 22.7 Å². The minimum absolute atomic E-state index is 0.0232. The summed E-state index contributed by atoms with van der Waals surface area (Å²) in [5, 5.41) is 0.678. The minimum Gasteiger partial charge on any atom is -0.431 e. The maximum Gasteiger partial charge on any atom is 0.256 e. The molecule has 0 aliphatic rings. The van der Waals surface area contributed by atoms with Crippen molar-refractivity contribution in [1.29, 1.82) is 0 Å². The Bertz CT molecular complexity index is 733. The second-order valence-corrected chi connectivity index (χ2v) is 6.20. The van der Waals surface area contributed by atoms with Crippen LogP contribution in [0.4, 0.5) is 0 Å².